The molecule has 34 heavy (non-hydrogen) atoms. The van der Waals surface area contributed by atoms with Crippen LogP contribution in [0.1, 0.15) is 31.2 Å². The normalized spacial score (nSPS) is 24.7. The van der Waals surface area contributed by atoms with Gasteiger partial charge < -0.3 is 29.9 Å². The van der Waals surface area contributed by atoms with Crippen LogP contribution in [0.15, 0.2) is 18.2 Å². The molecular formula is C22H28F4N4O4. The van der Waals surface area contributed by atoms with Crippen LogP contribution in [0.25, 0.3) is 0 Å². The van der Waals surface area contributed by atoms with Gasteiger partial charge in [-0.25, -0.2) is 14.0 Å². The summed E-state index contributed by atoms with van der Waals surface area (Å²) in [5.41, 5.74) is -0.182. The molecule has 8 nitrogen and oxygen atoms in total. The summed E-state index contributed by atoms with van der Waals surface area (Å²) >= 11 is 0. The monoisotopic (exact) mass is 488 g/mol. The molecule has 2 aliphatic heterocycles. The second-order valence-corrected chi connectivity index (χ2v) is 9.19. The van der Waals surface area contributed by atoms with Crippen LogP contribution >= 0.6 is 0 Å². The summed E-state index contributed by atoms with van der Waals surface area (Å²) in [4.78, 5) is 29.1. The zero-order valence-electron chi connectivity index (χ0n) is 18.8. The van der Waals surface area contributed by atoms with E-state index in [1.807, 2.05) is 0 Å². The van der Waals surface area contributed by atoms with Crippen molar-refractivity contribution < 1.29 is 36.6 Å². The number of halogens is 4. The first kappa shape index (κ1) is 24.4. The number of alkyl halides is 3. The average Bonchev–Trinajstić information content (AvgIpc) is 3.50. The van der Waals surface area contributed by atoms with Gasteiger partial charge in [-0.15, -0.1) is 13.2 Å². The van der Waals surface area contributed by atoms with Crippen molar-refractivity contribution in [3.05, 3.63) is 29.6 Å². The lowest BCUT2D eigenvalue weighted by atomic mass is 9.77. The standard InChI is InChI=1S/C22H28F4N4O4/c1-27-19(31)29-11-16(9-21(12-29)6-7-33-13-21)30(15-3-4-15)20(32)28-10-14-2-5-17(8-18(14)23)34-22(24,25)26/h2,5,8,15-16H,3-4,6-7,9-13H2,1H3,(H,27,31)(H,28,32). The molecule has 2 heterocycles. The van der Waals surface area contributed by atoms with E-state index in [9.17, 15) is 27.2 Å². The molecule has 1 aromatic carbocycles. The number of urea groups is 2. The number of hydrogen-bond acceptors (Lipinski definition) is 4. The molecule has 2 unspecified atom stereocenters. The highest BCUT2D eigenvalue weighted by Crippen LogP contribution is 2.41. The number of carbonyl (C=O) groups excluding carboxylic acids is 2. The Morgan fingerprint density at radius 1 is 1.29 bits per heavy atom. The number of benzene rings is 1. The zero-order valence-corrected chi connectivity index (χ0v) is 18.8. The lowest BCUT2D eigenvalue weighted by Gasteiger charge is -2.47. The fraction of sp³-hybridized carbons (Fsp3) is 0.636. The first-order chi connectivity index (χ1) is 16.1. The summed E-state index contributed by atoms with van der Waals surface area (Å²) in [5, 5.41) is 5.35. The molecule has 4 rings (SSSR count). The Labute approximate surface area is 194 Å². The minimum atomic E-state index is -4.92. The number of carbonyl (C=O) groups is 2. The van der Waals surface area contributed by atoms with Crippen LogP contribution in [0.3, 0.4) is 0 Å². The summed E-state index contributed by atoms with van der Waals surface area (Å²) in [5.74, 6) is -1.58. The van der Waals surface area contributed by atoms with Crippen molar-refractivity contribution >= 4 is 12.1 Å². The fourth-order valence-corrected chi connectivity index (χ4v) is 4.90. The van der Waals surface area contributed by atoms with Crippen LogP contribution in [0, 0.1) is 11.2 Å². The Bertz CT molecular complexity index is 919. The highest BCUT2D eigenvalue weighted by atomic mass is 19.4. The SMILES string of the molecule is CNC(=O)N1CC(N(C(=O)NCc2ccc(OC(F)(F)F)cc2F)C2CC2)CC2(CCOC2)C1. The first-order valence-corrected chi connectivity index (χ1v) is 11.2. The summed E-state index contributed by atoms with van der Waals surface area (Å²) < 4.78 is 60.7. The van der Waals surface area contributed by atoms with Gasteiger partial charge in [-0.05, 0) is 31.7 Å². The van der Waals surface area contributed by atoms with Gasteiger partial charge >= 0.3 is 18.4 Å². The Balaban J connectivity index is 1.45. The predicted octanol–water partition coefficient (Wildman–Crippen LogP) is 3.22. The molecular weight excluding hydrogens is 460 g/mol. The number of amides is 4. The van der Waals surface area contributed by atoms with Crippen molar-refractivity contribution in [3.8, 4) is 5.75 Å². The summed E-state index contributed by atoms with van der Waals surface area (Å²) in [6.07, 6.45) is -1.75. The largest absolute Gasteiger partial charge is 0.573 e. The molecule has 2 saturated heterocycles. The minimum absolute atomic E-state index is 0.0291. The maximum absolute atomic E-state index is 14.3. The molecule has 12 heteroatoms. The number of ether oxygens (including phenoxy) is 2. The van der Waals surface area contributed by atoms with E-state index in [0.29, 0.717) is 38.8 Å². The molecule has 1 aliphatic carbocycles. The Hall–Kier alpha value is -2.76. The van der Waals surface area contributed by atoms with E-state index in [1.54, 1.807) is 16.8 Å². The summed E-state index contributed by atoms with van der Waals surface area (Å²) in [6.45, 7) is 1.87. The minimum Gasteiger partial charge on any atom is -0.406 e. The Kier molecular flexibility index (Phi) is 6.79. The van der Waals surface area contributed by atoms with Crippen molar-refractivity contribution in [2.75, 3.05) is 33.4 Å². The molecule has 0 aromatic heterocycles. The number of rotatable bonds is 5. The maximum Gasteiger partial charge on any atom is 0.573 e. The van der Waals surface area contributed by atoms with Crippen LogP contribution in [0.4, 0.5) is 27.2 Å². The smallest absolute Gasteiger partial charge is 0.406 e. The molecule has 3 aliphatic rings. The molecule has 2 atom stereocenters. The molecule has 1 spiro atoms. The van der Waals surface area contributed by atoms with Crippen LogP contribution < -0.4 is 15.4 Å². The maximum atomic E-state index is 14.3. The van der Waals surface area contributed by atoms with Crippen molar-refractivity contribution in [3.63, 3.8) is 0 Å². The number of likely N-dealkylation sites (tertiary alicyclic amines) is 1. The average molecular weight is 488 g/mol. The van der Waals surface area contributed by atoms with E-state index in [-0.39, 0.29) is 35.6 Å². The summed E-state index contributed by atoms with van der Waals surface area (Å²) in [7, 11) is 1.56. The van der Waals surface area contributed by atoms with Crippen LogP contribution in [0.2, 0.25) is 0 Å². The predicted molar refractivity (Wildman–Crippen MR) is 112 cm³/mol. The van der Waals surface area contributed by atoms with Gasteiger partial charge in [0.1, 0.15) is 11.6 Å². The van der Waals surface area contributed by atoms with E-state index in [2.05, 4.69) is 15.4 Å². The van der Waals surface area contributed by atoms with Gasteiger partial charge in [0.2, 0.25) is 0 Å². The van der Waals surface area contributed by atoms with Gasteiger partial charge in [-0.1, -0.05) is 6.07 Å². The van der Waals surface area contributed by atoms with Crippen molar-refractivity contribution in [1.29, 1.82) is 0 Å². The van der Waals surface area contributed by atoms with Gasteiger partial charge in [-0.3, -0.25) is 0 Å². The molecule has 0 bridgehead atoms. The molecule has 0 radical (unpaired) electrons. The third-order valence-electron chi connectivity index (χ3n) is 6.57. The van der Waals surface area contributed by atoms with Gasteiger partial charge in [0.05, 0.1) is 12.6 Å². The lowest BCUT2D eigenvalue weighted by molar-refractivity contribution is -0.274. The van der Waals surface area contributed by atoms with Crippen LogP contribution in [0.5, 0.6) is 5.75 Å². The van der Waals surface area contributed by atoms with E-state index in [4.69, 9.17) is 4.74 Å². The number of nitrogens with one attached hydrogen (secondary N) is 2. The topological polar surface area (TPSA) is 83.1 Å². The molecule has 1 aromatic rings. The third kappa shape index (κ3) is 5.65. The molecule has 1 saturated carbocycles. The quantitative estimate of drug-likeness (QED) is 0.624. The third-order valence-corrected chi connectivity index (χ3v) is 6.57. The lowest BCUT2D eigenvalue weighted by Crippen LogP contribution is -2.61. The van der Waals surface area contributed by atoms with Gasteiger partial charge in [0.25, 0.3) is 0 Å². The van der Waals surface area contributed by atoms with E-state index in [1.165, 1.54) is 0 Å². The fourth-order valence-electron chi connectivity index (χ4n) is 4.90. The number of piperidine rings is 1. The van der Waals surface area contributed by atoms with E-state index < -0.39 is 24.0 Å². The van der Waals surface area contributed by atoms with Gasteiger partial charge in [0, 0.05) is 56.4 Å². The van der Waals surface area contributed by atoms with Crippen molar-refractivity contribution in [1.82, 2.24) is 20.4 Å². The van der Waals surface area contributed by atoms with Gasteiger partial charge in [-0.2, -0.15) is 0 Å². The molecule has 3 fully saturated rings. The second-order valence-electron chi connectivity index (χ2n) is 9.19. The highest BCUT2D eigenvalue weighted by Gasteiger charge is 2.48. The Morgan fingerprint density at radius 3 is 2.65 bits per heavy atom. The van der Waals surface area contributed by atoms with Crippen LogP contribution in [-0.2, 0) is 11.3 Å². The number of hydrogen-bond donors (Lipinski definition) is 2. The molecule has 4 amide bonds. The second kappa shape index (κ2) is 9.47. The van der Waals surface area contributed by atoms with E-state index >= 15 is 0 Å². The van der Waals surface area contributed by atoms with Crippen molar-refractivity contribution in [2.45, 2.75) is 50.7 Å². The number of nitrogens with zero attached hydrogens (tertiary/aromatic N) is 2. The zero-order chi connectivity index (χ0) is 24.5. The molecule has 2 N–H and O–H groups in total. The Morgan fingerprint density at radius 2 is 2.06 bits per heavy atom. The van der Waals surface area contributed by atoms with Gasteiger partial charge in [0.15, 0.2) is 0 Å². The highest BCUT2D eigenvalue weighted by molar-refractivity contribution is 5.76. The van der Waals surface area contributed by atoms with Crippen molar-refractivity contribution in [2.24, 2.45) is 5.41 Å². The van der Waals surface area contributed by atoms with Crippen LogP contribution in [-0.4, -0.2) is 73.7 Å². The van der Waals surface area contributed by atoms with E-state index in [0.717, 1.165) is 31.4 Å². The first-order valence-electron chi connectivity index (χ1n) is 11.2. The molecule has 188 valence electrons. The summed E-state index contributed by atoms with van der Waals surface area (Å²) in [6, 6.07) is 1.99.